The van der Waals surface area contributed by atoms with Crippen molar-refractivity contribution in [1.29, 1.82) is 0 Å². The zero-order valence-corrected chi connectivity index (χ0v) is 13.5. The van der Waals surface area contributed by atoms with Crippen molar-refractivity contribution in [3.63, 3.8) is 0 Å². The van der Waals surface area contributed by atoms with Crippen LogP contribution in [0.15, 0.2) is 23.1 Å². The molecular formula is C15H24N2O3S. The van der Waals surface area contributed by atoms with Crippen LogP contribution in [0.2, 0.25) is 0 Å². The molecule has 0 aliphatic carbocycles. The Hall–Kier alpha value is -1.11. The van der Waals surface area contributed by atoms with Gasteiger partial charge < -0.3 is 10.5 Å². The Bertz CT molecular complexity index is 587. The molecule has 1 aliphatic rings. The number of methoxy groups -OCH3 is 1. The first-order valence-corrected chi connectivity index (χ1v) is 8.80. The average Bonchev–Trinajstić information content (AvgIpc) is 2.71. The number of ether oxygens (including phenoxy) is 1. The Morgan fingerprint density at radius 2 is 2.10 bits per heavy atom. The average molecular weight is 312 g/mol. The van der Waals surface area contributed by atoms with Gasteiger partial charge in [-0.1, -0.05) is 13.0 Å². The van der Waals surface area contributed by atoms with E-state index < -0.39 is 10.0 Å². The first-order valence-electron chi connectivity index (χ1n) is 7.36. The maximum atomic E-state index is 12.8. The highest BCUT2D eigenvalue weighted by molar-refractivity contribution is 7.89. The van der Waals surface area contributed by atoms with Crippen LogP contribution in [-0.2, 0) is 16.6 Å². The molecule has 5 nitrogen and oxygen atoms in total. The molecule has 1 unspecified atom stereocenters. The van der Waals surface area contributed by atoms with Crippen LogP contribution in [0.3, 0.4) is 0 Å². The molecule has 0 spiro atoms. The maximum Gasteiger partial charge on any atom is 0.246 e. The number of benzene rings is 1. The number of nitrogens with zero attached hydrogens (tertiary/aromatic N) is 1. The van der Waals surface area contributed by atoms with Crippen LogP contribution in [-0.4, -0.2) is 32.9 Å². The molecule has 2 N–H and O–H groups in total. The van der Waals surface area contributed by atoms with Crippen LogP contribution >= 0.6 is 0 Å². The molecule has 6 heteroatoms. The molecule has 1 aromatic rings. The number of hydrogen-bond donors (Lipinski definition) is 1. The molecule has 21 heavy (non-hydrogen) atoms. The van der Waals surface area contributed by atoms with E-state index in [1.165, 1.54) is 7.11 Å². The Labute approximate surface area is 127 Å². The van der Waals surface area contributed by atoms with Crippen LogP contribution in [0.25, 0.3) is 0 Å². The summed E-state index contributed by atoms with van der Waals surface area (Å²) in [6.07, 6.45) is 2.89. The Morgan fingerprint density at radius 3 is 2.76 bits per heavy atom. The zero-order valence-electron chi connectivity index (χ0n) is 12.7. The van der Waals surface area contributed by atoms with Crippen molar-refractivity contribution in [3.8, 4) is 5.75 Å². The van der Waals surface area contributed by atoms with Crippen molar-refractivity contribution in [2.75, 3.05) is 20.2 Å². The summed E-state index contributed by atoms with van der Waals surface area (Å²) in [5.74, 6) is 0.946. The highest BCUT2D eigenvalue weighted by Gasteiger charge is 2.29. The standard InChI is InChI=1S/C15H24N2O3S/c1-12-4-3-8-17(9-7-12)21(18,19)15-6-5-13(11-16)10-14(15)20-2/h5-6,10,12H,3-4,7-9,11,16H2,1-2H3. The molecule has 0 bridgehead atoms. The minimum atomic E-state index is -3.51. The third-order valence-electron chi connectivity index (χ3n) is 4.06. The summed E-state index contributed by atoms with van der Waals surface area (Å²) in [5, 5.41) is 0. The predicted molar refractivity (Wildman–Crippen MR) is 82.7 cm³/mol. The first-order chi connectivity index (χ1) is 9.98. The number of sulfonamides is 1. The minimum Gasteiger partial charge on any atom is -0.495 e. The highest BCUT2D eigenvalue weighted by Crippen LogP contribution is 2.30. The first kappa shape index (κ1) is 16.3. The number of rotatable bonds is 4. The van der Waals surface area contributed by atoms with E-state index in [-0.39, 0.29) is 4.90 Å². The maximum absolute atomic E-state index is 12.8. The molecule has 1 fully saturated rings. The summed E-state index contributed by atoms with van der Waals surface area (Å²) in [6, 6.07) is 5.05. The van der Waals surface area contributed by atoms with E-state index in [0.717, 1.165) is 24.8 Å². The van der Waals surface area contributed by atoms with Crippen LogP contribution in [0.1, 0.15) is 31.7 Å². The second-order valence-electron chi connectivity index (χ2n) is 5.63. The molecule has 2 rings (SSSR count). The summed E-state index contributed by atoms with van der Waals surface area (Å²) in [6.45, 7) is 3.68. The van der Waals surface area contributed by atoms with Crippen LogP contribution in [0.4, 0.5) is 0 Å². The van der Waals surface area contributed by atoms with E-state index in [1.54, 1.807) is 22.5 Å². The fourth-order valence-electron chi connectivity index (χ4n) is 2.67. The molecular weight excluding hydrogens is 288 g/mol. The van der Waals surface area contributed by atoms with Gasteiger partial charge in [-0.2, -0.15) is 4.31 Å². The Kier molecular flexibility index (Phi) is 5.24. The lowest BCUT2D eigenvalue weighted by Gasteiger charge is -2.21. The van der Waals surface area contributed by atoms with Crippen molar-refractivity contribution in [2.45, 2.75) is 37.6 Å². The van der Waals surface area contributed by atoms with E-state index in [4.69, 9.17) is 10.5 Å². The van der Waals surface area contributed by atoms with Gasteiger partial charge in [0.2, 0.25) is 10.0 Å². The van der Waals surface area contributed by atoms with Crippen molar-refractivity contribution < 1.29 is 13.2 Å². The summed E-state index contributed by atoms with van der Waals surface area (Å²) in [4.78, 5) is 0.233. The molecule has 0 radical (unpaired) electrons. The van der Waals surface area contributed by atoms with Crippen LogP contribution < -0.4 is 10.5 Å². The van der Waals surface area contributed by atoms with Gasteiger partial charge in [0.15, 0.2) is 0 Å². The van der Waals surface area contributed by atoms with Crippen molar-refractivity contribution in [2.24, 2.45) is 11.7 Å². The van der Waals surface area contributed by atoms with Gasteiger partial charge in [-0.3, -0.25) is 0 Å². The second-order valence-corrected chi connectivity index (χ2v) is 7.54. The van der Waals surface area contributed by atoms with Gasteiger partial charge >= 0.3 is 0 Å². The van der Waals surface area contributed by atoms with Gasteiger partial charge in [0.1, 0.15) is 10.6 Å². The summed E-state index contributed by atoms with van der Waals surface area (Å²) >= 11 is 0. The Balaban J connectivity index is 2.34. The highest BCUT2D eigenvalue weighted by atomic mass is 32.2. The SMILES string of the molecule is COc1cc(CN)ccc1S(=O)(=O)N1CCCC(C)CC1. The van der Waals surface area contributed by atoms with Crippen LogP contribution in [0.5, 0.6) is 5.75 Å². The third-order valence-corrected chi connectivity index (χ3v) is 6.00. The molecule has 1 saturated heterocycles. The normalized spacial score (nSPS) is 21.0. The molecule has 0 saturated carbocycles. The Morgan fingerprint density at radius 1 is 1.33 bits per heavy atom. The monoisotopic (exact) mass is 312 g/mol. The molecule has 0 aromatic heterocycles. The van der Waals surface area contributed by atoms with E-state index >= 15 is 0 Å². The van der Waals surface area contributed by atoms with E-state index in [0.29, 0.717) is 31.3 Å². The van der Waals surface area contributed by atoms with Gasteiger partial charge in [-0.05, 0) is 42.9 Å². The van der Waals surface area contributed by atoms with Crippen molar-refractivity contribution >= 4 is 10.0 Å². The lowest BCUT2D eigenvalue weighted by atomic mass is 10.0. The molecule has 1 aliphatic heterocycles. The van der Waals surface area contributed by atoms with Gasteiger partial charge in [-0.25, -0.2) is 8.42 Å². The lowest BCUT2D eigenvalue weighted by Crippen LogP contribution is -2.32. The van der Waals surface area contributed by atoms with E-state index in [2.05, 4.69) is 6.92 Å². The quantitative estimate of drug-likeness (QED) is 0.922. The summed E-state index contributed by atoms with van der Waals surface area (Å²) in [5.41, 5.74) is 6.45. The third kappa shape index (κ3) is 3.56. The molecule has 1 heterocycles. The molecule has 0 amide bonds. The van der Waals surface area contributed by atoms with E-state index in [9.17, 15) is 8.42 Å². The smallest absolute Gasteiger partial charge is 0.246 e. The topological polar surface area (TPSA) is 72.6 Å². The largest absolute Gasteiger partial charge is 0.495 e. The molecule has 1 atom stereocenters. The van der Waals surface area contributed by atoms with Gasteiger partial charge in [-0.15, -0.1) is 0 Å². The van der Waals surface area contributed by atoms with Crippen molar-refractivity contribution in [3.05, 3.63) is 23.8 Å². The lowest BCUT2D eigenvalue weighted by molar-refractivity contribution is 0.389. The predicted octanol–water partition coefficient (Wildman–Crippen LogP) is 1.96. The summed E-state index contributed by atoms with van der Waals surface area (Å²) < 4.78 is 32.5. The van der Waals surface area contributed by atoms with Gasteiger partial charge in [0, 0.05) is 19.6 Å². The minimum absolute atomic E-state index is 0.233. The van der Waals surface area contributed by atoms with Crippen molar-refractivity contribution in [1.82, 2.24) is 4.31 Å². The van der Waals surface area contributed by atoms with Gasteiger partial charge in [0.05, 0.1) is 7.11 Å². The van der Waals surface area contributed by atoms with Gasteiger partial charge in [0.25, 0.3) is 0 Å². The number of hydrogen-bond acceptors (Lipinski definition) is 4. The fourth-order valence-corrected chi connectivity index (χ4v) is 4.30. The fraction of sp³-hybridized carbons (Fsp3) is 0.600. The van der Waals surface area contributed by atoms with Crippen LogP contribution in [0, 0.1) is 5.92 Å². The molecule has 1 aromatic carbocycles. The van der Waals surface area contributed by atoms with E-state index in [1.807, 2.05) is 0 Å². The summed E-state index contributed by atoms with van der Waals surface area (Å²) in [7, 11) is -2.02. The zero-order chi connectivity index (χ0) is 15.5. The second kappa shape index (κ2) is 6.77. The number of nitrogens with two attached hydrogens (primary N) is 1. The molecule has 118 valence electrons.